The highest BCUT2D eigenvalue weighted by atomic mass is 35.5. The zero-order chi connectivity index (χ0) is 19.3. The fourth-order valence-corrected chi connectivity index (χ4v) is 2.56. The molecule has 2 atom stereocenters. The van der Waals surface area contributed by atoms with Crippen molar-refractivity contribution < 1.29 is 19.4 Å². The van der Waals surface area contributed by atoms with E-state index in [1.165, 1.54) is 25.3 Å². The van der Waals surface area contributed by atoms with E-state index in [4.69, 9.17) is 16.3 Å². The summed E-state index contributed by atoms with van der Waals surface area (Å²) in [5, 5.41) is 14.3. The molecule has 0 fully saturated rings. The van der Waals surface area contributed by atoms with E-state index < -0.39 is 4.92 Å². The Kier molecular flexibility index (Phi) is 6.54. The molecule has 1 amide bonds. The molecular weight excluding hydrogens is 358 g/mol. The molecule has 0 aliphatic rings. The van der Waals surface area contributed by atoms with Gasteiger partial charge in [-0.25, -0.2) is 0 Å². The lowest BCUT2D eigenvalue weighted by molar-refractivity contribution is -0.907. The summed E-state index contributed by atoms with van der Waals surface area (Å²) in [6, 6.07) is 11.2. The van der Waals surface area contributed by atoms with Crippen LogP contribution in [0, 0.1) is 10.1 Å². The van der Waals surface area contributed by atoms with Crippen molar-refractivity contribution in [2.24, 2.45) is 0 Å². The van der Waals surface area contributed by atoms with Crippen LogP contribution >= 0.6 is 11.6 Å². The Morgan fingerprint density at radius 2 is 1.96 bits per heavy atom. The first-order valence-electron chi connectivity index (χ1n) is 8.02. The van der Waals surface area contributed by atoms with Gasteiger partial charge in [-0.15, -0.1) is 0 Å². The lowest BCUT2D eigenvalue weighted by Crippen LogP contribution is -3.12. The lowest BCUT2D eigenvalue weighted by Gasteiger charge is -2.21. The number of nitrogens with zero attached hydrogens (tertiary/aromatic N) is 1. The first-order chi connectivity index (χ1) is 12.3. The van der Waals surface area contributed by atoms with Crippen LogP contribution in [0.15, 0.2) is 42.5 Å². The SMILES string of the molecule is COc1cc([N+](=O)[O-])ccc1NC(=O)[C@H](C)[NH+](C)Cc1ccc(Cl)cc1. The Bertz CT molecular complexity index is 796. The third kappa shape index (κ3) is 4.93. The minimum Gasteiger partial charge on any atom is -0.494 e. The van der Waals surface area contributed by atoms with Gasteiger partial charge in [-0.1, -0.05) is 23.7 Å². The molecule has 0 heterocycles. The zero-order valence-electron chi connectivity index (χ0n) is 14.8. The van der Waals surface area contributed by atoms with E-state index in [1.807, 2.05) is 38.2 Å². The van der Waals surface area contributed by atoms with Gasteiger partial charge in [0.15, 0.2) is 6.04 Å². The van der Waals surface area contributed by atoms with Crippen molar-refractivity contribution in [2.75, 3.05) is 19.5 Å². The number of carbonyl (C=O) groups excluding carboxylic acids is 1. The Labute approximate surface area is 156 Å². The number of rotatable bonds is 7. The second kappa shape index (κ2) is 8.64. The second-order valence-electron chi connectivity index (χ2n) is 6.00. The maximum Gasteiger partial charge on any atom is 0.282 e. The molecule has 0 radical (unpaired) electrons. The van der Waals surface area contributed by atoms with Crippen molar-refractivity contribution in [3.63, 3.8) is 0 Å². The molecule has 2 aromatic carbocycles. The molecule has 2 aromatic rings. The number of anilines is 1. The average molecular weight is 379 g/mol. The summed E-state index contributed by atoms with van der Waals surface area (Å²) in [5.74, 6) is 0.0405. The number of methoxy groups -OCH3 is 1. The number of likely N-dealkylation sites (N-methyl/N-ethyl adjacent to an activating group) is 1. The number of nitro groups is 1. The topological polar surface area (TPSA) is 85.9 Å². The number of hydrogen-bond donors (Lipinski definition) is 2. The highest BCUT2D eigenvalue weighted by Crippen LogP contribution is 2.28. The average Bonchev–Trinajstić information content (AvgIpc) is 2.62. The van der Waals surface area contributed by atoms with Crippen molar-refractivity contribution >= 4 is 28.9 Å². The number of benzene rings is 2. The van der Waals surface area contributed by atoms with Gasteiger partial charge in [-0.05, 0) is 25.1 Å². The van der Waals surface area contributed by atoms with Crippen LogP contribution in [-0.2, 0) is 11.3 Å². The molecular formula is C18H21ClN3O4+. The van der Waals surface area contributed by atoms with Gasteiger partial charge in [0.2, 0.25) is 0 Å². The monoisotopic (exact) mass is 378 g/mol. The van der Waals surface area contributed by atoms with E-state index >= 15 is 0 Å². The standard InChI is InChI=1S/C18H20ClN3O4/c1-12(21(2)11-13-4-6-14(19)7-5-13)18(23)20-16-9-8-15(22(24)25)10-17(16)26-3/h4-10,12H,11H2,1-3H3,(H,20,23)/p+1/t12-/m0/s1. The number of halogens is 1. The minimum atomic E-state index is -0.513. The van der Waals surface area contributed by atoms with E-state index in [2.05, 4.69) is 5.32 Å². The van der Waals surface area contributed by atoms with Gasteiger partial charge in [0.25, 0.3) is 11.6 Å². The first-order valence-corrected chi connectivity index (χ1v) is 8.39. The number of hydrogen-bond acceptors (Lipinski definition) is 4. The van der Waals surface area contributed by atoms with Crippen LogP contribution < -0.4 is 15.0 Å². The molecule has 2 rings (SSSR count). The predicted molar refractivity (Wildman–Crippen MR) is 99.8 cm³/mol. The first kappa shape index (κ1) is 19.7. The van der Waals surface area contributed by atoms with Crippen molar-refractivity contribution in [2.45, 2.75) is 19.5 Å². The third-order valence-corrected chi connectivity index (χ3v) is 4.43. The highest BCUT2D eigenvalue weighted by molar-refractivity contribution is 6.30. The number of nitrogens with one attached hydrogen (secondary N) is 2. The molecule has 7 nitrogen and oxygen atoms in total. The normalized spacial score (nSPS) is 12.9. The zero-order valence-corrected chi connectivity index (χ0v) is 15.5. The summed E-state index contributed by atoms with van der Waals surface area (Å²) in [4.78, 5) is 23.9. The van der Waals surface area contributed by atoms with Crippen molar-refractivity contribution in [1.82, 2.24) is 0 Å². The van der Waals surface area contributed by atoms with Crippen molar-refractivity contribution in [1.29, 1.82) is 0 Å². The van der Waals surface area contributed by atoms with E-state index in [9.17, 15) is 14.9 Å². The van der Waals surface area contributed by atoms with E-state index in [0.717, 1.165) is 10.5 Å². The summed E-state index contributed by atoms with van der Waals surface area (Å²) < 4.78 is 5.15. The van der Waals surface area contributed by atoms with Crippen LogP contribution in [0.25, 0.3) is 0 Å². The maximum absolute atomic E-state index is 12.5. The number of carbonyl (C=O) groups is 1. The Balaban J connectivity index is 2.06. The van der Waals surface area contributed by atoms with Crippen molar-refractivity contribution in [3.05, 3.63) is 63.2 Å². The number of nitro benzene ring substituents is 1. The largest absolute Gasteiger partial charge is 0.494 e. The fourth-order valence-electron chi connectivity index (χ4n) is 2.44. The number of amides is 1. The quantitative estimate of drug-likeness (QED) is 0.571. The summed E-state index contributed by atoms with van der Waals surface area (Å²) in [5.41, 5.74) is 1.37. The van der Waals surface area contributed by atoms with Gasteiger partial charge >= 0.3 is 0 Å². The Morgan fingerprint density at radius 1 is 1.31 bits per heavy atom. The summed E-state index contributed by atoms with van der Waals surface area (Å²) in [6.45, 7) is 2.47. The van der Waals surface area contributed by atoms with E-state index in [0.29, 0.717) is 17.3 Å². The molecule has 0 aromatic heterocycles. The molecule has 138 valence electrons. The summed E-state index contributed by atoms with van der Waals surface area (Å²) in [6.07, 6.45) is 0. The van der Waals surface area contributed by atoms with Crippen LogP contribution in [0.2, 0.25) is 5.02 Å². The third-order valence-electron chi connectivity index (χ3n) is 4.18. The molecule has 0 spiro atoms. The lowest BCUT2D eigenvalue weighted by atomic mass is 10.2. The van der Waals surface area contributed by atoms with E-state index in [1.54, 1.807) is 0 Å². The van der Waals surface area contributed by atoms with Gasteiger partial charge in [-0.2, -0.15) is 0 Å². The molecule has 0 aliphatic heterocycles. The molecule has 1 unspecified atom stereocenters. The van der Waals surface area contributed by atoms with Gasteiger partial charge in [0, 0.05) is 16.7 Å². The highest BCUT2D eigenvalue weighted by Gasteiger charge is 2.23. The van der Waals surface area contributed by atoms with Crippen LogP contribution in [-0.4, -0.2) is 31.0 Å². The smallest absolute Gasteiger partial charge is 0.282 e. The Hall–Kier alpha value is -2.64. The molecule has 0 aliphatic carbocycles. The van der Waals surface area contributed by atoms with Crippen LogP contribution in [0.3, 0.4) is 0 Å². The molecule has 0 saturated carbocycles. The number of quaternary nitrogens is 1. The van der Waals surface area contributed by atoms with Gasteiger partial charge in [0.1, 0.15) is 12.3 Å². The minimum absolute atomic E-state index is 0.0987. The van der Waals surface area contributed by atoms with Crippen LogP contribution in [0.5, 0.6) is 5.75 Å². The van der Waals surface area contributed by atoms with Crippen LogP contribution in [0.4, 0.5) is 11.4 Å². The summed E-state index contributed by atoms with van der Waals surface area (Å²) >= 11 is 5.89. The van der Waals surface area contributed by atoms with Gasteiger partial charge < -0.3 is 15.0 Å². The summed E-state index contributed by atoms with van der Waals surface area (Å²) in [7, 11) is 3.32. The fraction of sp³-hybridized carbons (Fsp3) is 0.278. The van der Waals surface area contributed by atoms with E-state index in [-0.39, 0.29) is 23.4 Å². The molecule has 8 heteroatoms. The van der Waals surface area contributed by atoms with Gasteiger partial charge in [-0.3, -0.25) is 14.9 Å². The number of ether oxygens (including phenoxy) is 1. The molecule has 0 bridgehead atoms. The van der Waals surface area contributed by atoms with Crippen LogP contribution in [0.1, 0.15) is 12.5 Å². The molecule has 0 saturated heterocycles. The molecule has 2 N–H and O–H groups in total. The predicted octanol–water partition coefficient (Wildman–Crippen LogP) is 2.30. The number of non-ortho nitro benzene ring substituents is 1. The maximum atomic E-state index is 12.5. The van der Waals surface area contributed by atoms with Crippen molar-refractivity contribution in [3.8, 4) is 5.75 Å². The second-order valence-corrected chi connectivity index (χ2v) is 6.44. The molecule has 26 heavy (non-hydrogen) atoms. The van der Waals surface area contributed by atoms with Gasteiger partial charge in [0.05, 0.1) is 30.8 Å². The Morgan fingerprint density at radius 3 is 2.54 bits per heavy atom.